The van der Waals surface area contributed by atoms with E-state index in [9.17, 15) is 9.90 Å². The number of nitrogens with one attached hydrogen (secondary N) is 1. The van der Waals surface area contributed by atoms with E-state index in [0.29, 0.717) is 29.0 Å². The van der Waals surface area contributed by atoms with Crippen molar-refractivity contribution in [1.29, 1.82) is 0 Å². The van der Waals surface area contributed by atoms with E-state index < -0.39 is 5.97 Å². The molecule has 0 bridgehead atoms. The molecule has 5 nitrogen and oxygen atoms in total. The van der Waals surface area contributed by atoms with Crippen molar-refractivity contribution >= 4 is 28.9 Å². The summed E-state index contributed by atoms with van der Waals surface area (Å²) >= 11 is 6.13. The molecule has 1 unspecified atom stereocenters. The lowest BCUT2D eigenvalue weighted by Crippen LogP contribution is -2.41. The van der Waals surface area contributed by atoms with Crippen LogP contribution in [0.4, 0.5) is 11.4 Å². The first-order valence-electron chi connectivity index (χ1n) is 7.29. The first-order chi connectivity index (χ1) is 9.99. The largest absolute Gasteiger partial charge is 0.478 e. The van der Waals surface area contributed by atoms with Crippen molar-refractivity contribution in [3.63, 3.8) is 0 Å². The predicted octanol–water partition coefficient (Wildman–Crippen LogP) is 2.91. The molecule has 0 amide bonds. The fraction of sp³-hybridized carbons (Fsp3) is 0.533. The number of hydrogen-bond donors (Lipinski definition) is 3. The highest BCUT2D eigenvalue weighted by molar-refractivity contribution is 6.34. The molecule has 1 aromatic carbocycles. The summed E-state index contributed by atoms with van der Waals surface area (Å²) in [6.45, 7) is 5.00. The molecule has 1 fully saturated rings. The van der Waals surface area contributed by atoms with E-state index in [1.807, 2.05) is 0 Å². The van der Waals surface area contributed by atoms with Crippen molar-refractivity contribution in [2.75, 3.05) is 30.7 Å². The molecule has 1 aliphatic heterocycles. The highest BCUT2D eigenvalue weighted by Crippen LogP contribution is 2.29. The molecule has 0 saturated carbocycles. The van der Waals surface area contributed by atoms with E-state index in [1.165, 1.54) is 25.3 Å². The first kappa shape index (κ1) is 15.9. The van der Waals surface area contributed by atoms with Crippen LogP contribution in [0.3, 0.4) is 0 Å². The Morgan fingerprint density at radius 1 is 1.43 bits per heavy atom. The van der Waals surface area contributed by atoms with Crippen LogP contribution in [0.5, 0.6) is 0 Å². The van der Waals surface area contributed by atoms with Gasteiger partial charge in [-0.2, -0.15) is 0 Å². The van der Waals surface area contributed by atoms with Crippen molar-refractivity contribution in [2.24, 2.45) is 0 Å². The van der Waals surface area contributed by atoms with Crippen LogP contribution in [0.15, 0.2) is 12.1 Å². The molecular weight excluding hydrogens is 290 g/mol. The Hall–Kier alpha value is -1.46. The summed E-state index contributed by atoms with van der Waals surface area (Å²) in [5, 5.41) is 12.8. The zero-order valence-corrected chi connectivity index (χ0v) is 13.0. The number of rotatable bonds is 5. The standard InChI is InChI=1S/C15H22ClN3O2/c1-10(19-5-3-2-4-6-19)9-18-14-12(15(20)21)7-11(17)8-13(14)16/h7-8,10,18H,2-6,9,17H2,1H3,(H,20,21). The van der Waals surface area contributed by atoms with Crippen LogP contribution in [0.25, 0.3) is 0 Å². The molecule has 1 aliphatic rings. The topological polar surface area (TPSA) is 78.6 Å². The molecule has 1 aromatic rings. The maximum absolute atomic E-state index is 11.3. The number of aromatic carboxylic acids is 1. The van der Waals surface area contributed by atoms with Crippen molar-refractivity contribution < 1.29 is 9.90 Å². The number of nitrogens with two attached hydrogens (primary N) is 1. The van der Waals surface area contributed by atoms with Gasteiger partial charge in [-0.05, 0) is 45.0 Å². The number of anilines is 2. The van der Waals surface area contributed by atoms with Crippen molar-refractivity contribution in [3.05, 3.63) is 22.7 Å². The maximum Gasteiger partial charge on any atom is 0.337 e. The van der Waals surface area contributed by atoms with Gasteiger partial charge in [0.05, 0.1) is 16.3 Å². The van der Waals surface area contributed by atoms with E-state index in [-0.39, 0.29) is 5.56 Å². The van der Waals surface area contributed by atoms with E-state index >= 15 is 0 Å². The van der Waals surface area contributed by atoms with Gasteiger partial charge >= 0.3 is 5.97 Å². The molecule has 1 heterocycles. The Morgan fingerprint density at radius 2 is 2.10 bits per heavy atom. The fourth-order valence-electron chi connectivity index (χ4n) is 2.71. The molecule has 0 aromatic heterocycles. The Bertz CT molecular complexity index is 516. The van der Waals surface area contributed by atoms with E-state index in [4.69, 9.17) is 17.3 Å². The lowest BCUT2D eigenvalue weighted by atomic mass is 10.1. The van der Waals surface area contributed by atoms with Crippen LogP contribution in [0.2, 0.25) is 5.02 Å². The van der Waals surface area contributed by atoms with Crippen LogP contribution in [0.1, 0.15) is 36.5 Å². The van der Waals surface area contributed by atoms with Gasteiger partial charge in [0.15, 0.2) is 0 Å². The molecule has 0 radical (unpaired) electrons. The second-order valence-corrected chi connectivity index (χ2v) is 5.96. The van der Waals surface area contributed by atoms with Gasteiger partial charge in [-0.15, -0.1) is 0 Å². The molecule has 21 heavy (non-hydrogen) atoms. The van der Waals surface area contributed by atoms with E-state index in [1.54, 1.807) is 6.07 Å². The second-order valence-electron chi connectivity index (χ2n) is 5.56. The molecule has 2 rings (SSSR count). The Balaban J connectivity index is 2.07. The quantitative estimate of drug-likeness (QED) is 0.729. The number of piperidine rings is 1. The fourth-order valence-corrected chi connectivity index (χ4v) is 3.01. The number of carbonyl (C=O) groups is 1. The highest BCUT2D eigenvalue weighted by atomic mass is 35.5. The van der Waals surface area contributed by atoms with Gasteiger partial charge in [0.25, 0.3) is 0 Å². The number of carboxylic acids is 1. The van der Waals surface area contributed by atoms with Crippen LogP contribution in [-0.2, 0) is 0 Å². The van der Waals surface area contributed by atoms with Crippen molar-refractivity contribution in [2.45, 2.75) is 32.2 Å². The number of nitrogen functional groups attached to an aromatic ring is 1. The lowest BCUT2D eigenvalue weighted by Gasteiger charge is -2.32. The van der Waals surface area contributed by atoms with E-state index in [2.05, 4.69) is 17.1 Å². The Kier molecular flexibility index (Phi) is 5.31. The third kappa shape index (κ3) is 4.02. The van der Waals surface area contributed by atoms with Gasteiger partial charge in [-0.25, -0.2) is 4.79 Å². The molecule has 6 heteroatoms. The molecule has 0 spiro atoms. The summed E-state index contributed by atoms with van der Waals surface area (Å²) in [4.78, 5) is 13.7. The SMILES string of the molecule is CC(CNc1c(Cl)cc(N)cc1C(=O)O)N1CCCCC1. The average Bonchev–Trinajstić information content (AvgIpc) is 2.46. The van der Waals surface area contributed by atoms with Gasteiger partial charge in [0.1, 0.15) is 0 Å². The normalized spacial score (nSPS) is 17.4. The molecule has 116 valence electrons. The van der Waals surface area contributed by atoms with Gasteiger partial charge in [0.2, 0.25) is 0 Å². The van der Waals surface area contributed by atoms with Crippen LogP contribution in [0, 0.1) is 0 Å². The van der Waals surface area contributed by atoms with Gasteiger partial charge in [-0.3, -0.25) is 4.90 Å². The molecule has 0 aliphatic carbocycles. The van der Waals surface area contributed by atoms with Crippen LogP contribution < -0.4 is 11.1 Å². The third-order valence-electron chi connectivity index (χ3n) is 3.93. The van der Waals surface area contributed by atoms with Gasteiger partial charge < -0.3 is 16.2 Å². The minimum absolute atomic E-state index is 0.117. The maximum atomic E-state index is 11.3. The van der Waals surface area contributed by atoms with Crippen molar-refractivity contribution in [3.8, 4) is 0 Å². The number of carboxylic acid groups (broad SMARTS) is 1. The smallest absolute Gasteiger partial charge is 0.337 e. The number of nitrogens with zero attached hydrogens (tertiary/aromatic N) is 1. The van der Waals surface area contributed by atoms with Crippen molar-refractivity contribution in [1.82, 2.24) is 4.90 Å². The number of hydrogen-bond acceptors (Lipinski definition) is 4. The minimum atomic E-state index is -1.03. The molecular formula is C15H22ClN3O2. The Labute approximate surface area is 130 Å². The summed E-state index contributed by atoms with van der Waals surface area (Å²) < 4.78 is 0. The van der Waals surface area contributed by atoms with Crippen LogP contribution in [-0.4, -0.2) is 41.7 Å². The molecule has 4 N–H and O–H groups in total. The highest BCUT2D eigenvalue weighted by Gasteiger charge is 2.19. The zero-order valence-electron chi connectivity index (χ0n) is 12.2. The monoisotopic (exact) mass is 311 g/mol. The number of benzene rings is 1. The number of halogens is 1. The first-order valence-corrected chi connectivity index (χ1v) is 7.67. The minimum Gasteiger partial charge on any atom is -0.478 e. The predicted molar refractivity (Wildman–Crippen MR) is 86.2 cm³/mol. The summed E-state index contributed by atoms with van der Waals surface area (Å²) in [6.07, 6.45) is 3.75. The summed E-state index contributed by atoms with van der Waals surface area (Å²) in [5.41, 5.74) is 6.57. The second kappa shape index (κ2) is 7.00. The average molecular weight is 312 g/mol. The lowest BCUT2D eigenvalue weighted by molar-refractivity contribution is 0.0698. The molecule has 1 atom stereocenters. The number of likely N-dealkylation sites (tertiary alicyclic amines) is 1. The van der Waals surface area contributed by atoms with Crippen LogP contribution >= 0.6 is 11.6 Å². The van der Waals surface area contributed by atoms with Gasteiger partial charge in [0, 0.05) is 18.3 Å². The molecule has 1 saturated heterocycles. The third-order valence-corrected chi connectivity index (χ3v) is 4.23. The summed E-state index contributed by atoms with van der Waals surface area (Å²) in [7, 11) is 0. The zero-order chi connectivity index (χ0) is 15.4. The van der Waals surface area contributed by atoms with E-state index in [0.717, 1.165) is 13.1 Å². The van der Waals surface area contributed by atoms with Gasteiger partial charge in [-0.1, -0.05) is 18.0 Å². The summed E-state index contributed by atoms with van der Waals surface area (Å²) in [6, 6.07) is 3.34. The summed E-state index contributed by atoms with van der Waals surface area (Å²) in [5.74, 6) is -1.03. The Morgan fingerprint density at radius 3 is 2.71 bits per heavy atom.